The monoisotopic (exact) mass is 472 g/mol. The normalized spacial score (nSPS) is 17.0. The number of Topliss-reactive ketones (excluding diaryl/α,β-unsaturated/α-hetero) is 1. The zero-order valence-electron chi connectivity index (χ0n) is 18.4. The van der Waals surface area contributed by atoms with Crippen molar-refractivity contribution in [2.24, 2.45) is 0 Å². The molecular weight excluding hydrogens is 452 g/mol. The van der Waals surface area contributed by atoms with Crippen LogP contribution in [0, 0.1) is 11.3 Å². The maximum Gasteiger partial charge on any atom is 0.300 e. The van der Waals surface area contributed by atoms with Crippen LogP contribution in [-0.4, -0.2) is 23.4 Å². The summed E-state index contributed by atoms with van der Waals surface area (Å²) in [7, 11) is 0. The third-order valence-electron chi connectivity index (χ3n) is 5.49. The van der Waals surface area contributed by atoms with Crippen LogP contribution in [0.25, 0.3) is 5.76 Å². The quantitative estimate of drug-likeness (QED) is 0.285. The molecule has 1 heterocycles. The predicted octanol–water partition coefficient (Wildman–Crippen LogP) is 5.63. The predicted molar refractivity (Wildman–Crippen MR) is 130 cm³/mol. The molecule has 6 nitrogen and oxygen atoms in total. The number of amides is 1. The first-order valence-electron chi connectivity index (χ1n) is 10.7. The highest BCUT2D eigenvalue weighted by Gasteiger charge is 2.47. The van der Waals surface area contributed by atoms with Crippen molar-refractivity contribution in [2.75, 3.05) is 11.5 Å². The van der Waals surface area contributed by atoms with Gasteiger partial charge in [0, 0.05) is 16.3 Å². The average molecular weight is 473 g/mol. The molecule has 0 spiro atoms. The van der Waals surface area contributed by atoms with Gasteiger partial charge in [0.2, 0.25) is 0 Å². The van der Waals surface area contributed by atoms with Crippen molar-refractivity contribution in [1.82, 2.24) is 0 Å². The Hall–Kier alpha value is -4.08. The molecule has 0 bridgehead atoms. The van der Waals surface area contributed by atoms with E-state index in [4.69, 9.17) is 21.6 Å². The number of ether oxygens (including phenoxy) is 1. The van der Waals surface area contributed by atoms with E-state index in [0.717, 1.165) is 6.42 Å². The highest BCUT2D eigenvalue weighted by molar-refractivity contribution is 6.51. The number of halogens is 1. The van der Waals surface area contributed by atoms with Crippen LogP contribution in [0.15, 0.2) is 78.4 Å². The summed E-state index contributed by atoms with van der Waals surface area (Å²) in [6, 6.07) is 21.0. The van der Waals surface area contributed by atoms with Crippen molar-refractivity contribution in [3.05, 3.63) is 100 Å². The molecule has 0 radical (unpaired) electrons. The summed E-state index contributed by atoms with van der Waals surface area (Å²) in [6.45, 7) is 2.58. The minimum absolute atomic E-state index is 0.0427. The van der Waals surface area contributed by atoms with Gasteiger partial charge in [-0.1, -0.05) is 42.8 Å². The fourth-order valence-electron chi connectivity index (χ4n) is 3.87. The molecule has 1 saturated heterocycles. The van der Waals surface area contributed by atoms with Gasteiger partial charge in [0.25, 0.3) is 11.7 Å². The van der Waals surface area contributed by atoms with Gasteiger partial charge >= 0.3 is 0 Å². The van der Waals surface area contributed by atoms with Gasteiger partial charge in [-0.15, -0.1) is 0 Å². The van der Waals surface area contributed by atoms with Crippen molar-refractivity contribution in [1.29, 1.82) is 5.26 Å². The Labute approximate surface area is 202 Å². The van der Waals surface area contributed by atoms with Gasteiger partial charge < -0.3 is 9.84 Å². The first-order valence-corrected chi connectivity index (χ1v) is 11.1. The number of ketones is 1. The summed E-state index contributed by atoms with van der Waals surface area (Å²) in [5.74, 6) is -1.23. The fourth-order valence-corrected chi connectivity index (χ4v) is 4.06. The van der Waals surface area contributed by atoms with Gasteiger partial charge in [0.05, 0.1) is 29.9 Å². The van der Waals surface area contributed by atoms with Crippen molar-refractivity contribution in [3.8, 4) is 11.8 Å². The van der Waals surface area contributed by atoms with E-state index in [1.165, 1.54) is 11.0 Å². The van der Waals surface area contributed by atoms with Crippen molar-refractivity contribution in [2.45, 2.75) is 19.4 Å². The number of aliphatic hydroxyl groups excluding tert-OH is 1. The molecule has 1 aliphatic rings. The number of hydrogen-bond donors (Lipinski definition) is 1. The molecule has 1 fully saturated rings. The zero-order chi connectivity index (χ0) is 24.2. The fraction of sp³-hybridized carbons (Fsp3) is 0.148. The number of hydrogen-bond acceptors (Lipinski definition) is 5. The molecule has 4 rings (SSSR count). The highest BCUT2D eigenvalue weighted by Crippen LogP contribution is 2.42. The van der Waals surface area contributed by atoms with Gasteiger partial charge in [0.1, 0.15) is 11.5 Å². The molecule has 1 atom stereocenters. The lowest BCUT2D eigenvalue weighted by Gasteiger charge is -2.25. The van der Waals surface area contributed by atoms with Crippen LogP contribution in [0.4, 0.5) is 5.69 Å². The second-order valence-corrected chi connectivity index (χ2v) is 8.19. The summed E-state index contributed by atoms with van der Waals surface area (Å²) < 4.78 is 5.65. The first-order chi connectivity index (χ1) is 16.4. The maximum atomic E-state index is 13.2. The number of carbonyl (C=O) groups excluding carboxylic acids is 2. The summed E-state index contributed by atoms with van der Waals surface area (Å²) >= 11 is 6.09. The molecule has 3 aromatic rings. The standard InChI is InChI=1S/C27H21ClN2O4/c1-2-14-34-22-12-8-18(9-13-22)24-23(25(31)19-4-3-5-20(28)15-19)26(32)27(33)30(24)21-10-6-17(16-29)7-11-21/h3-13,15,24,31H,2,14H2,1H3/b25-23-. The number of nitriles is 1. The smallest absolute Gasteiger partial charge is 0.300 e. The number of rotatable bonds is 6. The Morgan fingerprint density at radius 2 is 1.79 bits per heavy atom. The van der Waals surface area contributed by atoms with Crippen LogP contribution >= 0.6 is 11.6 Å². The molecule has 0 saturated carbocycles. The summed E-state index contributed by atoms with van der Waals surface area (Å²) in [4.78, 5) is 27.7. The van der Waals surface area contributed by atoms with E-state index in [9.17, 15) is 14.7 Å². The van der Waals surface area contributed by atoms with Crippen LogP contribution in [0.5, 0.6) is 5.75 Å². The Morgan fingerprint density at radius 3 is 2.41 bits per heavy atom. The van der Waals surface area contributed by atoms with E-state index in [-0.39, 0.29) is 11.3 Å². The number of carbonyl (C=O) groups is 2. The maximum absolute atomic E-state index is 13.2. The Balaban J connectivity index is 1.87. The van der Waals surface area contributed by atoms with Gasteiger partial charge in [0.15, 0.2) is 0 Å². The Kier molecular flexibility index (Phi) is 6.67. The van der Waals surface area contributed by atoms with Crippen molar-refractivity contribution in [3.63, 3.8) is 0 Å². The molecule has 0 aliphatic carbocycles. The van der Waals surface area contributed by atoms with Crippen LogP contribution in [0.2, 0.25) is 5.02 Å². The lowest BCUT2D eigenvalue weighted by atomic mass is 9.95. The van der Waals surface area contributed by atoms with E-state index >= 15 is 0 Å². The van der Waals surface area contributed by atoms with E-state index in [1.807, 2.05) is 13.0 Å². The van der Waals surface area contributed by atoms with Crippen LogP contribution < -0.4 is 9.64 Å². The van der Waals surface area contributed by atoms with Crippen LogP contribution in [0.1, 0.15) is 36.1 Å². The molecule has 1 amide bonds. The molecule has 1 aliphatic heterocycles. The van der Waals surface area contributed by atoms with E-state index in [1.54, 1.807) is 66.7 Å². The largest absolute Gasteiger partial charge is 0.507 e. The third-order valence-corrected chi connectivity index (χ3v) is 5.72. The Bertz CT molecular complexity index is 1310. The number of benzene rings is 3. The second kappa shape index (κ2) is 9.82. The second-order valence-electron chi connectivity index (χ2n) is 7.76. The lowest BCUT2D eigenvalue weighted by Crippen LogP contribution is -2.29. The summed E-state index contributed by atoms with van der Waals surface area (Å²) in [6.07, 6.45) is 0.861. The lowest BCUT2D eigenvalue weighted by molar-refractivity contribution is -0.132. The van der Waals surface area contributed by atoms with Crippen molar-refractivity contribution < 1.29 is 19.4 Å². The van der Waals surface area contributed by atoms with Gasteiger partial charge in [-0.05, 0) is 60.5 Å². The molecule has 0 aromatic heterocycles. The van der Waals surface area contributed by atoms with Gasteiger partial charge in [-0.3, -0.25) is 14.5 Å². The summed E-state index contributed by atoms with van der Waals surface area (Å²) in [5, 5.41) is 20.6. The average Bonchev–Trinajstić information content (AvgIpc) is 3.13. The minimum atomic E-state index is -0.882. The van der Waals surface area contributed by atoms with E-state index in [2.05, 4.69) is 0 Å². The zero-order valence-corrected chi connectivity index (χ0v) is 19.1. The number of aliphatic hydroxyl groups is 1. The highest BCUT2D eigenvalue weighted by atomic mass is 35.5. The van der Waals surface area contributed by atoms with Crippen molar-refractivity contribution >= 4 is 34.7 Å². The first kappa shape index (κ1) is 23.1. The molecular formula is C27H21ClN2O4. The van der Waals surface area contributed by atoms with E-state index < -0.39 is 17.7 Å². The molecule has 7 heteroatoms. The van der Waals surface area contributed by atoms with Gasteiger partial charge in [-0.25, -0.2) is 0 Å². The van der Waals surface area contributed by atoms with Gasteiger partial charge in [-0.2, -0.15) is 5.26 Å². The Morgan fingerprint density at radius 1 is 1.09 bits per heavy atom. The van der Waals surface area contributed by atoms with Crippen LogP contribution in [0.3, 0.4) is 0 Å². The molecule has 1 unspecified atom stereocenters. The number of nitrogens with zero attached hydrogens (tertiary/aromatic N) is 2. The minimum Gasteiger partial charge on any atom is -0.507 e. The molecule has 34 heavy (non-hydrogen) atoms. The molecule has 3 aromatic carbocycles. The SMILES string of the molecule is CCCOc1ccc(C2/C(=C(/O)c3cccc(Cl)c3)C(=O)C(=O)N2c2ccc(C#N)cc2)cc1. The molecule has 1 N–H and O–H groups in total. The van der Waals surface area contributed by atoms with E-state index in [0.29, 0.717) is 39.8 Å². The van der Waals surface area contributed by atoms with Crippen LogP contribution in [-0.2, 0) is 9.59 Å². The number of anilines is 1. The topological polar surface area (TPSA) is 90.6 Å². The summed E-state index contributed by atoms with van der Waals surface area (Å²) in [5.41, 5.74) is 1.77. The third kappa shape index (κ3) is 4.39. The molecule has 170 valence electrons.